The van der Waals surface area contributed by atoms with Crippen LogP contribution in [0.2, 0.25) is 0 Å². The monoisotopic (exact) mass is 441 g/mol. The minimum Gasteiger partial charge on any atom is -0.494 e. The number of hydrogen-bond acceptors (Lipinski definition) is 5. The first-order valence-electron chi connectivity index (χ1n) is 10.5. The summed E-state index contributed by atoms with van der Waals surface area (Å²) in [5.74, 6) is -0.831. The Bertz CT molecular complexity index is 1310. The van der Waals surface area contributed by atoms with Crippen molar-refractivity contribution in [2.45, 2.75) is 6.92 Å². The van der Waals surface area contributed by atoms with Crippen LogP contribution in [0.15, 0.2) is 83.9 Å². The van der Waals surface area contributed by atoms with Gasteiger partial charge in [-0.25, -0.2) is 4.99 Å². The molecule has 1 amide bonds. The Hall–Kier alpha value is -4.39. The number of nitrogens with one attached hydrogen (secondary N) is 2. The van der Waals surface area contributed by atoms with Gasteiger partial charge in [0.1, 0.15) is 6.54 Å². The lowest BCUT2D eigenvalue weighted by molar-refractivity contribution is -0.141. The molecular weight excluding hydrogens is 418 g/mol. The molecule has 166 valence electrons. The number of amides is 1. The molecule has 0 radical (unpaired) electrons. The lowest BCUT2D eigenvalue weighted by atomic mass is 10.0. The molecule has 1 aromatic heterocycles. The van der Waals surface area contributed by atoms with Gasteiger partial charge in [-0.3, -0.25) is 9.59 Å². The fourth-order valence-electron chi connectivity index (χ4n) is 3.51. The number of hydrogen-bond donors (Lipinski definition) is 3. The van der Waals surface area contributed by atoms with Crippen LogP contribution in [0.3, 0.4) is 0 Å². The Morgan fingerprint density at radius 1 is 0.939 bits per heavy atom. The van der Waals surface area contributed by atoms with E-state index in [1.807, 2.05) is 54.6 Å². The molecule has 0 saturated heterocycles. The van der Waals surface area contributed by atoms with E-state index in [9.17, 15) is 14.7 Å². The van der Waals surface area contributed by atoms with E-state index >= 15 is 0 Å². The number of carbonyl (C=O) groups excluding carboxylic acids is 2. The van der Waals surface area contributed by atoms with Crippen molar-refractivity contribution in [3.8, 4) is 5.88 Å². The maximum absolute atomic E-state index is 12.3. The van der Waals surface area contributed by atoms with Crippen LogP contribution in [0.5, 0.6) is 5.88 Å². The summed E-state index contributed by atoms with van der Waals surface area (Å²) in [4.78, 5) is 31.6. The first-order chi connectivity index (χ1) is 16.1. The molecule has 4 aromatic rings. The van der Waals surface area contributed by atoms with Crippen molar-refractivity contribution in [3.05, 3.63) is 95.6 Å². The molecule has 0 saturated carbocycles. The summed E-state index contributed by atoms with van der Waals surface area (Å²) < 4.78 is 4.81. The molecule has 33 heavy (non-hydrogen) atoms. The van der Waals surface area contributed by atoms with Gasteiger partial charge in [0.2, 0.25) is 0 Å². The largest absolute Gasteiger partial charge is 0.494 e. The van der Waals surface area contributed by atoms with Gasteiger partial charge in [0.25, 0.3) is 5.91 Å². The minimum absolute atomic E-state index is 0.0359. The molecule has 0 aliphatic heterocycles. The topological polar surface area (TPSA) is 104 Å². The summed E-state index contributed by atoms with van der Waals surface area (Å²) in [6.45, 7) is 1.78. The molecule has 0 unspecified atom stereocenters. The number of aromatic amines is 1. The van der Waals surface area contributed by atoms with Gasteiger partial charge >= 0.3 is 5.97 Å². The fourth-order valence-corrected chi connectivity index (χ4v) is 3.51. The van der Waals surface area contributed by atoms with E-state index in [2.05, 4.69) is 10.3 Å². The summed E-state index contributed by atoms with van der Waals surface area (Å²) in [6.07, 6.45) is 0. The third kappa shape index (κ3) is 4.93. The number of benzene rings is 3. The lowest BCUT2D eigenvalue weighted by Crippen LogP contribution is -2.30. The smallest absolute Gasteiger partial charge is 0.325 e. The number of ether oxygens (including phenoxy) is 1. The van der Waals surface area contributed by atoms with Crippen molar-refractivity contribution in [2.75, 3.05) is 13.2 Å². The maximum atomic E-state index is 12.3. The number of aromatic hydroxyl groups is 1. The predicted octanol–water partition coefficient (Wildman–Crippen LogP) is 4.34. The number of nitrogens with zero attached hydrogens (tertiary/aromatic N) is 1. The normalized spacial score (nSPS) is 11.4. The molecule has 7 heteroatoms. The number of aromatic nitrogens is 1. The molecule has 0 aliphatic carbocycles. The summed E-state index contributed by atoms with van der Waals surface area (Å²) >= 11 is 0. The Balaban J connectivity index is 1.67. The van der Waals surface area contributed by atoms with Crippen molar-refractivity contribution >= 4 is 34.2 Å². The van der Waals surface area contributed by atoms with Crippen LogP contribution >= 0.6 is 0 Å². The molecule has 7 nitrogen and oxygen atoms in total. The first-order valence-corrected chi connectivity index (χ1v) is 10.5. The van der Waals surface area contributed by atoms with Crippen LogP contribution in [0.1, 0.15) is 28.4 Å². The third-order valence-electron chi connectivity index (χ3n) is 5.04. The second kappa shape index (κ2) is 9.82. The van der Waals surface area contributed by atoms with Crippen LogP contribution < -0.4 is 5.32 Å². The molecule has 1 heterocycles. The van der Waals surface area contributed by atoms with Gasteiger partial charge in [-0.15, -0.1) is 0 Å². The van der Waals surface area contributed by atoms with E-state index < -0.39 is 5.97 Å². The molecule has 3 aromatic carbocycles. The molecule has 0 aliphatic rings. The van der Waals surface area contributed by atoms with Gasteiger partial charge < -0.3 is 20.1 Å². The van der Waals surface area contributed by atoms with Gasteiger partial charge in [-0.05, 0) is 37.3 Å². The van der Waals surface area contributed by atoms with Crippen LogP contribution in [0.25, 0.3) is 10.9 Å². The van der Waals surface area contributed by atoms with Crippen molar-refractivity contribution in [2.24, 2.45) is 4.99 Å². The van der Waals surface area contributed by atoms with Gasteiger partial charge in [0.15, 0.2) is 5.88 Å². The molecule has 3 N–H and O–H groups in total. The second-order valence-corrected chi connectivity index (χ2v) is 7.26. The Kier molecular flexibility index (Phi) is 6.50. The highest BCUT2D eigenvalue weighted by Gasteiger charge is 2.18. The van der Waals surface area contributed by atoms with Gasteiger partial charge in [-0.1, -0.05) is 48.5 Å². The van der Waals surface area contributed by atoms with E-state index in [0.717, 1.165) is 16.5 Å². The molecule has 0 fully saturated rings. The fraction of sp³-hybridized carbons (Fsp3) is 0.115. The molecule has 0 spiro atoms. The van der Waals surface area contributed by atoms with Gasteiger partial charge in [0.05, 0.1) is 23.6 Å². The Morgan fingerprint density at radius 2 is 1.64 bits per heavy atom. The highest BCUT2D eigenvalue weighted by atomic mass is 16.5. The summed E-state index contributed by atoms with van der Waals surface area (Å²) in [6, 6.07) is 23.9. The molecule has 4 rings (SSSR count). The highest BCUT2D eigenvalue weighted by Crippen LogP contribution is 2.31. The first kappa shape index (κ1) is 21.8. The number of para-hydroxylation sites is 1. The van der Waals surface area contributed by atoms with Crippen LogP contribution in [-0.2, 0) is 9.53 Å². The van der Waals surface area contributed by atoms with Crippen molar-refractivity contribution in [1.82, 2.24) is 10.3 Å². The number of rotatable bonds is 7. The molecule has 0 bridgehead atoms. The van der Waals surface area contributed by atoms with E-state index in [0.29, 0.717) is 22.5 Å². The Morgan fingerprint density at radius 3 is 2.36 bits per heavy atom. The summed E-state index contributed by atoms with van der Waals surface area (Å²) in [5, 5.41) is 14.1. The standard InChI is InChI=1S/C26H23N3O4/c1-2-33-22(30)16-27-25(31)18-12-14-19(15-13-18)28-24(17-8-4-3-5-9-17)23-20-10-6-7-11-21(20)29-26(23)32/h3-15,29,32H,2,16H2,1H3,(H,27,31). The third-order valence-corrected chi connectivity index (χ3v) is 5.04. The molecule has 0 atom stereocenters. The zero-order valence-electron chi connectivity index (χ0n) is 18.0. The van der Waals surface area contributed by atoms with Crippen LogP contribution in [-0.4, -0.2) is 40.8 Å². The number of carbonyl (C=O) groups is 2. The number of aliphatic imine (C=N–C) groups is 1. The zero-order valence-corrected chi connectivity index (χ0v) is 18.0. The van der Waals surface area contributed by atoms with E-state index in [1.54, 1.807) is 31.2 Å². The van der Waals surface area contributed by atoms with Crippen LogP contribution in [0, 0.1) is 0 Å². The van der Waals surface area contributed by atoms with Crippen molar-refractivity contribution in [3.63, 3.8) is 0 Å². The van der Waals surface area contributed by atoms with Crippen molar-refractivity contribution < 1.29 is 19.4 Å². The zero-order chi connectivity index (χ0) is 23.2. The lowest BCUT2D eigenvalue weighted by Gasteiger charge is -2.08. The SMILES string of the molecule is CCOC(=O)CNC(=O)c1ccc(N=C(c2ccccc2)c2c(O)[nH]c3ccccc23)cc1. The van der Waals surface area contributed by atoms with E-state index in [4.69, 9.17) is 9.73 Å². The summed E-state index contributed by atoms with van der Waals surface area (Å²) in [7, 11) is 0. The van der Waals surface area contributed by atoms with Crippen molar-refractivity contribution in [1.29, 1.82) is 0 Å². The Labute approximate surface area is 190 Å². The number of fused-ring (bicyclic) bond motifs is 1. The van der Waals surface area contributed by atoms with E-state index in [1.165, 1.54) is 0 Å². The predicted molar refractivity (Wildman–Crippen MR) is 127 cm³/mol. The second-order valence-electron chi connectivity index (χ2n) is 7.26. The van der Waals surface area contributed by atoms with Gasteiger partial charge in [0, 0.05) is 22.0 Å². The quantitative estimate of drug-likeness (QED) is 0.293. The van der Waals surface area contributed by atoms with E-state index in [-0.39, 0.29) is 24.9 Å². The molecular formula is C26H23N3O4. The minimum atomic E-state index is -0.488. The average molecular weight is 441 g/mol. The average Bonchev–Trinajstić information content (AvgIpc) is 3.17. The maximum Gasteiger partial charge on any atom is 0.325 e. The number of esters is 1. The van der Waals surface area contributed by atoms with Gasteiger partial charge in [-0.2, -0.15) is 0 Å². The highest BCUT2D eigenvalue weighted by molar-refractivity contribution is 6.21. The summed E-state index contributed by atoms with van der Waals surface area (Å²) in [5.41, 5.74) is 3.86. The van der Waals surface area contributed by atoms with Crippen LogP contribution in [0.4, 0.5) is 5.69 Å². The number of H-pyrrole nitrogens is 1.